The van der Waals surface area contributed by atoms with Crippen molar-refractivity contribution in [2.75, 3.05) is 0 Å². The number of hydrogen-bond donors (Lipinski definition) is 2. The van der Waals surface area contributed by atoms with Crippen LogP contribution in [0.1, 0.15) is 0 Å². The van der Waals surface area contributed by atoms with E-state index in [0.717, 1.165) is 0 Å². The first kappa shape index (κ1) is 8.94. The number of hydrogen-bond acceptors (Lipinski definition) is 1. The third-order valence-corrected chi connectivity index (χ3v) is 0. The molecule has 0 aromatic rings. The largest absolute Gasteiger partial charge is 0.465 e. The van der Waals surface area contributed by atoms with E-state index < -0.39 is 6.09 Å². The normalized spacial score (nSPS) is 4.80. The number of amides is 1. The van der Waals surface area contributed by atoms with Crippen LogP contribution >= 0.6 is 0 Å². The van der Waals surface area contributed by atoms with Gasteiger partial charge in [-0.3, -0.25) is 0 Å². The van der Waals surface area contributed by atoms with Gasteiger partial charge in [-0.1, -0.05) is 0 Å². The number of rotatable bonds is 0. The minimum atomic E-state index is -1.33. The van der Waals surface area contributed by atoms with Gasteiger partial charge in [0.25, 0.3) is 0 Å². The molecule has 0 atom stereocenters. The second-order valence-corrected chi connectivity index (χ2v) is 0.338. The quantitative estimate of drug-likeness (QED) is 0.568. The van der Waals surface area contributed by atoms with Gasteiger partial charge >= 0.3 is 6.09 Å². The first-order chi connectivity index (χ1) is 1.73. The second-order valence-electron chi connectivity index (χ2n) is 0.338. The molecule has 5 heavy (non-hydrogen) atoms. The van der Waals surface area contributed by atoms with Crippen molar-refractivity contribution in [2.24, 2.45) is 5.73 Å². The maximum absolute atomic E-state index is 8.78. The molecule has 0 aliphatic rings. The molecule has 0 aliphatic heterocycles. The summed E-state index contributed by atoms with van der Waals surface area (Å²) in [7, 11) is 0. The molecule has 29 valence electrons. The molecule has 0 fully saturated rings. The van der Waals surface area contributed by atoms with E-state index in [0.29, 0.717) is 0 Å². The summed E-state index contributed by atoms with van der Waals surface area (Å²) >= 11 is 0. The number of carbonyl (C=O) groups is 1. The fraction of sp³-hybridized carbons (Fsp3) is 0. The van der Waals surface area contributed by atoms with Crippen molar-refractivity contribution < 1.29 is 9.90 Å². The van der Waals surface area contributed by atoms with E-state index >= 15 is 0 Å². The van der Waals surface area contributed by atoms with E-state index in [1.165, 1.54) is 0 Å². The number of nitrogens with two attached hydrogens (primary N) is 1. The van der Waals surface area contributed by atoms with Gasteiger partial charge in [-0.2, -0.15) is 0 Å². The molecule has 1 amide bonds. The SMILES string of the molecule is NC(=O)O.[Bi]. The molecule has 0 aromatic carbocycles. The summed E-state index contributed by atoms with van der Waals surface area (Å²) in [6.45, 7) is 0. The Balaban J connectivity index is 0. The van der Waals surface area contributed by atoms with Gasteiger partial charge in [-0.05, 0) is 0 Å². The van der Waals surface area contributed by atoms with Gasteiger partial charge in [-0.15, -0.1) is 0 Å². The summed E-state index contributed by atoms with van der Waals surface area (Å²) in [6, 6.07) is 0. The van der Waals surface area contributed by atoms with E-state index in [1.807, 2.05) is 0 Å². The van der Waals surface area contributed by atoms with Crippen molar-refractivity contribution in [1.29, 1.82) is 0 Å². The first-order valence-corrected chi connectivity index (χ1v) is 0.716. The molecule has 0 saturated heterocycles. The number of carboxylic acid groups (broad SMARTS) is 1. The summed E-state index contributed by atoms with van der Waals surface area (Å²) < 4.78 is 0. The monoisotopic (exact) mass is 270 g/mol. The van der Waals surface area contributed by atoms with Gasteiger partial charge < -0.3 is 10.8 Å². The zero-order chi connectivity index (χ0) is 3.58. The summed E-state index contributed by atoms with van der Waals surface area (Å²) in [5, 5.41) is 7.19. The van der Waals surface area contributed by atoms with Crippen LogP contribution in [0, 0.1) is 0 Å². The van der Waals surface area contributed by atoms with Crippen LogP contribution in [0.2, 0.25) is 0 Å². The third-order valence-electron chi connectivity index (χ3n) is 0. The first-order valence-electron chi connectivity index (χ1n) is 0.716. The van der Waals surface area contributed by atoms with Crippen molar-refractivity contribution in [1.82, 2.24) is 0 Å². The van der Waals surface area contributed by atoms with Gasteiger partial charge in [0.1, 0.15) is 0 Å². The van der Waals surface area contributed by atoms with E-state index in [4.69, 9.17) is 9.90 Å². The summed E-state index contributed by atoms with van der Waals surface area (Å²) in [5.74, 6) is 0. The van der Waals surface area contributed by atoms with Crippen LogP contribution in [0.25, 0.3) is 0 Å². The van der Waals surface area contributed by atoms with Gasteiger partial charge in [0.2, 0.25) is 0 Å². The van der Waals surface area contributed by atoms with E-state index in [1.54, 1.807) is 0 Å². The van der Waals surface area contributed by atoms with Crippen LogP contribution in [-0.4, -0.2) is 37.4 Å². The zero-order valence-electron chi connectivity index (χ0n) is 2.38. The van der Waals surface area contributed by atoms with Crippen molar-refractivity contribution in [3.05, 3.63) is 0 Å². The number of primary amides is 1. The molecule has 0 heterocycles. The molecule has 3 radical (unpaired) electrons. The van der Waals surface area contributed by atoms with Crippen LogP contribution in [0.5, 0.6) is 0 Å². The van der Waals surface area contributed by atoms with Crippen LogP contribution in [0.3, 0.4) is 0 Å². The molecule has 3 nitrogen and oxygen atoms in total. The summed E-state index contributed by atoms with van der Waals surface area (Å²) in [6.07, 6.45) is -1.33. The molecule has 3 N–H and O–H groups in total. The Hall–Kier alpha value is 0.153. The molecule has 0 aromatic heterocycles. The van der Waals surface area contributed by atoms with E-state index in [-0.39, 0.29) is 26.2 Å². The summed E-state index contributed by atoms with van der Waals surface area (Å²) in [5.41, 5.74) is 4.03. The fourth-order valence-corrected chi connectivity index (χ4v) is 0. The topological polar surface area (TPSA) is 63.3 Å². The maximum atomic E-state index is 8.78. The van der Waals surface area contributed by atoms with Crippen LogP contribution < -0.4 is 5.73 Å². The second kappa shape index (κ2) is 4.15. The van der Waals surface area contributed by atoms with Crippen molar-refractivity contribution in [3.63, 3.8) is 0 Å². The van der Waals surface area contributed by atoms with Gasteiger partial charge in [-0.25, -0.2) is 4.79 Å². The van der Waals surface area contributed by atoms with Crippen molar-refractivity contribution in [2.45, 2.75) is 0 Å². The average molecular weight is 270 g/mol. The Bertz CT molecular complexity index is 32.6. The average Bonchev–Trinajstić information content (AvgIpc) is 0.811. The van der Waals surface area contributed by atoms with Gasteiger partial charge in [0.15, 0.2) is 0 Å². The zero-order valence-corrected chi connectivity index (χ0v) is 5.86. The molecule has 0 saturated carbocycles. The van der Waals surface area contributed by atoms with Gasteiger partial charge in [0, 0.05) is 26.2 Å². The molecule has 4 heteroatoms. The van der Waals surface area contributed by atoms with Crippen LogP contribution in [0.15, 0.2) is 0 Å². The molecule has 0 rings (SSSR count). The molecule has 0 aliphatic carbocycles. The molecular weight excluding hydrogens is 267 g/mol. The van der Waals surface area contributed by atoms with Crippen molar-refractivity contribution in [3.8, 4) is 0 Å². The molecule has 0 spiro atoms. The third kappa shape index (κ3) is 821. The molecular formula is CH3BiNO2. The molecule has 0 bridgehead atoms. The minimum absolute atomic E-state index is 0. The Morgan fingerprint density at radius 1 is 1.80 bits per heavy atom. The smallest absolute Gasteiger partial charge is 0.402 e. The van der Waals surface area contributed by atoms with Crippen LogP contribution in [0.4, 0.5) is 4.79 Å². The molecule has 0 unspecified atom stereocenters. The van der Waals surface area contributed by atoms with Gasteiger partial charge in [0.05, 0.1) is 0 Å². The maximum Gasteiger partial charge on any atom is 0.402 e. The van der Waals surface area contributed by atoms with Crippen LogP contribution in [-0.2, 0) is 0 Å². The minimum Gasteiger partial charge on any atom is -0.465 e. The Morgan fingerprint density at radius 3 is 1.80 bits per heavy atom. The predicted octanol–water partition coefficient (Wildman–Crippen LogP) is -0.758. The Morgan fingerprint density at radius 2 is 1.80 bits per heavy atom. The Labute approximate surface area is 48.3 Å². The summed E-state index contributed by atoms with van der Waals surface area (Å²) in [4.78, 5) is 8.78. The van der Waals surface area contributed by atoms with Crippen molar-refractivity contribution >= 4 is 32.3 Å². The predicted molar refractivity (Wildman–Crippen MR) is 18.0 cm³/mol. The standard InChI is InChI=1S/CH3NO2.Bi/c2-1(3)4;/h2H2,(H,3,4);. The van der Waals surface area contributed by atoms with E-state index in [2.05, 4.69) is 5.73 Å². The fourth-order valence-electron chi connectivity index (χ4n) is 0. The van der Waals surface area contributed by atoms with E-state index in [9.17, 15) is 0 Å². The Kier molecular flexibility index (Phi) is 7.43.